The SMILES string of the molecule is CC(=C(CCO)SC(=O)c1ccccc1Oc1cccc(C(C)(C)C)c1)N(C=O)Cc1cnc(C)nc1N. The minimum Gasteiger partial charge on any atom is -0.457 e. The third-order valence-electron chi connectivity index (χ3n) is 5.91. The van der Waals surface area contributed by atoms with Gasteiger partial charge in [0.2, 0.25) is 11.5 Å². The quantitative estimate of drug-likeness (QED) is 0.323. The molecule has 1 aromatic heterocycles. The fourth-order valence-corrected chi connectivity index (χ4v) is 4.63. The number of nitrogens with two attached hydrogens (primary N) is 1. The highest BCUT2D eigenvalue weighted by molar-refractivity contribution is 8.17. The Kier molecular flexibility index (Phi) is 9.66. The van der Waals surface area contributed by atoms with Crippen molar-refractivity contribution in [1.82, 2.24) is 14.9 Å². The van der Waals surface area contributed by atoms with Crippen LogP contribution in [0.25, 0.3) is 0 Å². The Balaban J connectivity index is 1.87. The molecule has 1 amide bonds. The number of aromatic nitrogens is 2. The van der Waals surface area contributed by atoms with E-state index >= 15 is 0 Å². The van der Waals surface area contributed by atoms with E-state index in [0.29, 0.717) is 45.5 Å². The van der Waals surface area contributed by atoms with Crippen molar-refractivity contribution in [2.45, 2.75) is 53.0 Å². The molecule has 0 aliphatic heterocycles. The first-order valence-corrected chi connectivity index (χ1v) is 13.0. The molecule has 0 radical (unpaired) electrons. The first-order valence-electron chi connectivity index (χ1n) is 12.2. The largest absolute Gasteiger partial charge is 0.457 e. The Labute approximate surface area is 227 Å². The average Bonchev–Trinajstić information content (AvgIpc) is 2.87. The number of aliphatic hydroxyl groups is 1. The van der Waals surface area contributed by atoms with Gasteiger partial charge in [0.15, 0.2) is 0 Å². The first-order chi connectivity index (χ1) is 18.0. The molecule has 3 aromatic rings. The number of para-hydroxylation sites is 1. The topological polar surface area (TPSA) is 119 Å². The van der Waals surface area contributed by atoms with E-state index < -0.39 is 0 Å². The summed E-state index contributed by atoms with van der Waals surface area (Å²) in [6.07, 6.45) is 2.44. The van der Waals surface area contributed by atoms with E-state index in [-0.39, 0.29) is 35.9 Å². The molecule has 0 saturated carbocycles. The molecule has 0 bridgehead atoms. The van der Waals surface area contributed by atoms with Gasteiger partial charge in [-0.25, -0.2) is 9.97 Å². The summed E-state index contributed by atoms with van der Waals surface area (Å²) in [5, 5.41) is 9.43. The first kappa shape index (κ1) is 28.9. The third-order valence-corrected chi connectivity index (χ3v) is 7.06. The van der Waals surface area contributed by atoms with Crippen molar-refractivity contribution >= 4 is 29.1 Å². The summed E-state index contributed by atoms with van der Waals surface area (Å²) >= 11 is 0.961. The minimum absolute atomic E-state index is 0.0497. The van der Waals surface area contributed by atoms with Gasteiger partial charge < -0.3 is 20.5 Å². The molecule has 2 aromatic carbocycles. The lowest BCUT2D eigenvalue weighted by atomic mass is 9.87. The van der Waals surface area contributed by atoms with Gasteiger partial charge in [-0.05, 0) is 60.9 Å². The molecule has 0 fully saturated rings. The minimum atomic E-state index is -0.264. The summed E-state index contributed by atoms with van der Waals surface area (Å²) in [6.45, 7) is 9.78. The van der Waals surface area contributed by atoms with Crippen molar-refractivity contribution < 1.29 is 19.4 Å². The van der Waals surface area contributed by atoms with Crippen molar-refractivity contribution in [3.05, 3.63) is 87.8 Å². The molecule has 8 nitrogen and oxygen atoms in total. The van der Waals surface area contributed by atoms with Crippen LogP contribution in [0.3, 0.4) is 0 Å². The molecule has 38 heavy (non-hydrogen) atoms. The fraction of sp³-hybridized carbons (Fsp3) is 0.310. The summed E-state index contributed by atoms with van der Waals surface area (Å²) in [5.41, 5.74) is 8.57. The second-order valence-corrected chi connectivity index (χ2v) is 10.9. The number of benzene rings is 2. The molecular formula is C29H34N4O4S. The summed E-state index contributed by atoms with van der Waals surface area (Å²) in [5.74, 6) is 1.87. The van der Waals surface area contributed by atoms with E-state index in [4.69, 9.17) is 10.5 Å². The number of aliphatic hydroxyl groups excluding tert-OH is 1. The number of hydrogen-bond acceptors (Lipinski definition) is 8. The number of nitrogens with zero attached hydrogens (tertiary/aromatic N) is 3. The summed E-state index contributed by atoms with van der Waals surface area (Å²) < 4.78 is 6.14. The van der Waals surface area contributed by atoms with Crippen molar-refractivity contribution in [2.24, 2.45) is 0 Å². The number of rotatable bonds is 10. The maximum Gasteiger partial charge on any atom is 0.227 e. The third kappa shape index (κ3) is 7.43. The van der Waals surface area contributed by atoms with Crippen molar-refractivity contribution in [2.75, 3.05) is 12.3 Å². The van der Waals surface area contributed by atoms with Crippen LogP contribution in [0.15, 0.2) is 65.3 Å². The Hall–Kier alpha value is -3.69. The molecule has 3 rings (SSSR count). The molecule has 3 N–H and O–H groups in total. The van der Waals surface area contributed by atoms with E-state index in [0.717, 1.165) is 17.3 Å². The van der Waals surface area contributed by atoms with Gasteiger partial charge in [-0.3, -0.25) is 9.59 Å². The highest BCUT2D eigenvalue weighted by atomic mass is 32.2. The summed E-state index contributed by atoms with van der Waals surface area (Å²) in [6, 6.07) is 14.8. The zero-order valence-electron chi connectivity index (χ0n) is 22.4. The van der Waals surface area contributed by atoms with Gasteiger partial charge in [-0.15, -0.1) is 0 Å². The van der Waals surface area contributed by atoms with E-state index in [1.165, 1.54) is 4.90 Å². The lowest BCUT2D eigenvalue weighted by Gasteiger charge is -2.22. The average molecular weight is 535 g/mol. The van der Waals surface area contributed by atoms with E-state index in [2.05, 4.69) is 30.7 Å². The summed E-state index contributed by atoms with van der Waals surface area (Å²) in [4.78, 5) is 35.7. The standard InChI is InChI=1S/C29H34N4O4S/c1-19(33(18-35)17-21-16-31-20(2)32-27(21)30)26(13-14-34)38-28(36)24-11-6-7-12-25(24)37-23-10-8-9-22(15-23)29(3,4)5/h6-12,15-16,18,34H,13-14,17H2,1-5H3,(H2,30,31,32). The Morgan fingerprint density at radius 2 is 1.92 bits per heavy atom. The van der Waals surface area contributed by atoms with Crippen LogP contribution in [0.1, 0.15) is 61.4 Å². The Bertz CT molecular complexity index is 1330. The number of aryl methyl sites for hydroxylation is 1. The zero-order chi connectivity index (χ0) is 27.9. The van der Waals surface area contributed by atoms with Gasteiger partial charge >= 0.3 is 0 Å². The van der Waals surface area contributed by atoms with Gasteiger partial charge in [0.05, 0.1) is 12.1 Å². The van der Waals surface area contributed by atoms with E-state index in [9.17, 15) is 14.7 Å². The smallest absolute Gasteiger partial charge is 0.227 e. The number of carbonyl (C=O) groups is 2. The molecule has 0 aliphatic rings. The van der Waals surface area contributed by atoms with Crippen molar-refractivity contribution in [3.63, 3.8) is 0 Å². The van der Waals surface area contributed by atoms with Crippen LogP contribution in [0.5, 0.6) is 11.5 Å². The molecule has 1 heterocycles. The van der Waals surface area contributed by atoms with E-state index in [1.807, 2.05) is 30.3 Å². The predicted molar refractivity (Wildman–Crippen MR) is 151 cm³/mol. The molecule has 0 aliphatic carbocycles. The number of amides is 1. The molecule has 0 unspecified atom stereocenters. The van der Waals surface area contributed by atoms with Crippen LogP contribution in [0.2, 0.25) is 0 Å². The van der Waals surface area contributed by atoms with Crippen molar-refractivity contribution in [1.29, 1.82) is 0 Å². The number of hydrogen-bond donors (Lipinski definition) is 2. The van der Waals surface area contributed by atoms with Crippen LogP contribution < -0.4 is 10.5 Å². The zero-order valence-corrected chi connectivity index (χ0v) is 23.2. The number of ether oxygens (including phenoxy) is 1. The highest BCUT2D eigenvalue weighted by Gasteiger charge is 2.20. The normalized spacial score (nSPS) is 12.1. The van der Waals surface area contributed by atoms with Crippen LogP contribution in [-0.2, 0) is 16.8 Å². The Morgan fingerprint density at radius 1 is 1.18 bits per heavy atom. The Morgan fingerprint density at radius 3 is 2.58 bits per heavy atom. The molecule has 9 heteroatoms. The number of anilines is 1. The second kappa shape index (κ2) is 12.7. The highest BCUT2D eigenvalue weighted by Crippen LogP contribution is 2.35. The molecule has 0 saturated heterocycles. The number of nitrogen functional groups attached to an aromatic ring is 1. The lowest BCUT2D eigenvalue weighted by Crippen LogP contribution is -2.22. The monoisotopic (exact) mass is 534 g/mol. The molecule has 200 valence electrons. The van der Waals surface area contributed by atoms with Crippen molar-refractivity contribution in [3.8, 4) is 11.5 Å². The maximum atomic E-state index is 13.5. The van der Waals surface area contributed by atoms with Gasteiger partial charge in [0, 0.05) is 35.4 Å². The van der Waals surface area contributed by atoms with Crippen LogP contribution in [0, 0.1) is 6.92 Å². The maximum absolute atomic E-state index is 13.5. The van der Waals surface area contributed by atoms with Crippen LogP contribution in [0.4, 0.5) is 5.82 Å². The van der Waals surface area contributed by atoms with Gasteiger partial charge in [-0.2, -0.15) is 0 Å². The predicted octanol–water partition coefficient (Wildman–Crippen LogP) is 5.60. The number of thioether (sulfide) groups is 1. The van der Waals surface area contributed by atoms with E-state index in [1.54, 1.807) is 38.2 Å². The number of allylic oxidation sites excluding steroid dienone is 1. The summed E-state index contributed by atoms with van der Waals surface area (Å²) in [7, 11) is 0. The second-order valence-electron chi connectivity index (χ2n) is 9.81. The van der Waals surface area contributed by atoms with Crippen LogP contribution in [-0.4, -0.2) is 38.1 Å². The molecule has 0 atom stereocenters. The van der Waals surface area contributed by atoms with Gasteiger partial charge in [0.1, 0.15) is 23.1 Å². The van der Waals surface area contributed by atoms with Gasteiger partial charge in [-0.1, -0.05) is 45.0 Å². The van der Waals surface area contributed by atoms with Crippen LogP contribution >= 0.6 is 11.8 Å². The molecule has 0 spiro atoms. The molecular weight excluding hydrogens is 500 g/mol. The lowest BCUT2D eigenvalue weighted by molar-refractivity contribution is -0.116. The fourth-order valence-electron chi connectivity index (χ4n) is 3.66. The van der Waals surface area contributed by atoms with Gasteiger partial charge in [0.25, 0.3) is 0 Å². The number of carbonyl (C=O) groups excluding carboxylic acids is 2.